The van der Waals surface area contributed by atoms with Gasteiger partial charge in [0.05, 0.1) is 6.04 Å². The second kappa shape index (κ2) is 4.02. The van der Waals surface area contributed by atoms with E-state index in [1.165, 1.54) is 5.39 Å². The average molecular weight is 196 g/mol. The largest absolute Gasteiger partial charge is 0.356 e. The van der Waals surface area contributed by atoms with Crippen molar-refractivity contribution in [1.29, 1.82) is 0 Å². The number of rotatable bonds is 2. The van der Waals surface area contributed by atoms with Crippen LogP contribution in [0.4, 0.5) is 5.82 Å². The van der Waals surface area contributed by atoms with Gasteiger partial charge in [0, 0.05) is 11.6 Å². The van der Waals surface area contributed by atoms with Crippen molar-refractivity contribution in [2.24, 2.45) is 0 Å². The molecule has 74 valence electrons. The van der Waals surface area contributed by atoms with Crippen LogP contribution in [0.1, 0.15) is 6.92 Å². The Morgan fingerprint density at radius 2 is 2.13 bits per heavy atom. The molecule has 0 aliphatic rings. The molecule has 15 heavy (non-hydrogen) atoms. The molecular formula is C13H12N2. The van der Waals surface area contributed by atoms with Crippen molar-refractivity contribution >= 4 is 16.6 Å². The van der Waals surface area contributed by atoms with Crippen LogP contribution in [0.5, 0.6) is 0 Å². The second-order valence-electron chi connectivity index (χ2n) is 3.41. The fourth-order valence-corrected chi connectivity index (χ4v) is 1.48. The molecule has 1 aromatic heterocycles. The van der Waals surface area contributed by atoms with Gasteiger partial charge in [0.15, 0.2) is 0 Å². The number of aromatic nitrogens is 1. The van der Waals surface area contributed by atoms with Gasteiger partial charge in [-0.1, -0.05) is 30.2 Å². The second-order valence-corrected chi connectivity index (χ2v) is 3.41. The first-order valence-electron chi connectivity index (χ1n) is 4.87. The Bertz CT molecular complexity index is 506. The van der Waals surface area contributed by atoms with E-state index in [2.05, 4.69) is 22.3 Å². The maximum Gasteiger partial charge on any atom is 0.134 e. The van der Waals surface area contributed by atoms with Crippen LogP contribution in [0.25, 0.3) is 10.8 Å². The van der Waals surface area contributed by atoms with Gasteiger partial charge in [-0.2, -0.15) is 0 Å². The molecule has 0 radical (unpaired) electrons. The maximum absolute atomic E-state index is 5.32. The summed E-state index contributed by atoms with van der Waals surface area (Å²) in [5, 5.41) is 5.45. The van der Waals surface area contributed by atoms with Crippen LogP contribution in [0.2, 0.25) is 0 Å². The van der Waals surface area contributed by atoms with Crippen molar-refractivity contribution in [1.82, 2.24) is 4.98 Å². The van der Waals surface area contributed by atoms with Gasteiger partial charge in [-0.05, 0) is 18.4 Å². The Hall–Kier alpha value is -2.01. The third kappa shape index (κ3) is 1.92. The van der Waals surface area contributed by atoms with Gasteiger partial charge in [0.2, 0.25) is 0 Å². The summed E-state index contributed by atoms with van der Waals surface area (Å²) in [6.07, 6.45) is 7.11. The summed E-state index contributed by atoms with van der Waals surface area (Å²) in [4.78, 5) is 4.29. The molecule has 0 fully saturated rings. The molecule has 0 spiro atoms. The number of anilines is 1. The van der Waals surface area contributed by atoms with E-state index in [1.807, 2.05) is 31.2 Å². The monoisotopic (exact) mass is 196 g/mol. The van der Waals surface area contributed by atoms with E-state index in [0.717, 1.165) is 11.2 Å². The number of hydrogen-bond donors (Lipinski definition) is 1. The third-order valence-corrected chi connectivity index (χ3v) is 2.28. The Balaban J connectivity index is 2.48. The van der Waals surface area contributed by atoms with Gasteiger partial charge in [0.1, 0.15) is 5.82 Å². The zero-order valence-electron chi connectivity index (χ0n) is 8.57. The highest BCUT2D eigenvalue weighted by atomic mass is 15.0. The molecule has 0 saturated carbocycles. The normalized spacial score (nSPS) is 12.0. The minimum atomic E-state index is -0.0108. The first kappa shape index (κ1) is 9.54. The van der Waals surface area contributed by atoms with Crippen molar-refractivity contribution in [3.05, 3.63) is 36.5 Å². The average Bonchev–Trinajstić information content (AvgIpc) is 2.29. The van der Waals surface area contributed by atoms with E-state index in [9.17, 15) is 0 Å². The highest BCUT2D eigenvalue weighted by Crippen LogP contribution is 2.20. The molecule has 2 aromatic rings. The minimum Gasteiger partial charge on any atom is -0.356 e. The van der Waals surface area contributed by atoms with Gasteiger partial charge >= 0.3 is 0 Å². The van der Waals surface area contributed by atoms with Crippen molar-refractivity contribution in [2.75, 3.05) is 5.32 Å². The quantitative estimate of drug-likeness (QED) is 0.747. The SMILES string of the molecule is C#CC(C)Nc1nccc2ccccc12. The lowest BCUT2D eigenvalue weighted by molar-refractivity contribution is 1.02. The van der Waals surface area contributed by atoms with Gasteiger partial charge < -0.3 is 5.32 Å². The van der Waals surface area contributed by atoms with Crippen molar-refractivity contribution in [3.8, 4) is 12.3 Å². The van der Waals surface area contributed by atoms with Crippen LogP contribution < -0.4 is 5.32 Å². The van der Waals surface area contributed by atoms with E-state index in [4.69, 9.17) is 6.42 Å². The van der Waals surface area contributed by atoms with E-state index in [0.29, 0.717) is 0 Å². The molecular weight excluding hydrogens is 184 g/mol. The van der Waals surface area contributed by atoms with E-state index in [-0.39, 0.29) is 6.04 Å². The Kier molecular flexibility index (Phi) is 2.55. The number of pyridine rings is 1. The maximum atomic E-state index is 5.32. The van der Waals surface area contributed by atoms with Crippen LogP contribution in [-0.4, -0.2) is 11.0 Å². The van der Waals surface area contributed by atoms with E-state index >= 15 is 0 Å². The molecule has 0 saturated heterocycles. The number of nitrogens with one attached hydrogen (secondary N) is 1. The summed E-state index contributed by atoms with van der Waals surface area (Å²) < 4.78 is 0. The lowest BCUT2D eigenvalue weighted by atomic mass is 10.1. The number of hydrogen-bond acceptors (Lipinski definition) is 2. The third-order valence-electron chi connectivity index (χ3n) is 2.28. The molecule has 0 bridgehead atoms. The van der Waals surface area contributed by atoms with Crippen LogP contribution >= 0.6 is 0 Å². The van der Waals surface area contributed by atoms with E-state index in [1.54, 1.807) is 6.20 Å². The molecule has 1 aromatic carbocycles. The van der Waals surface area contributed by atoms with Crippen molar-refractivity contribution in [2.45, 2.75) is 13.0 Å². The van der Waals surface area contributed by atoms with Crippen LogP contribution in [0.3, 0.4) is 0 Å². The Morgan fingerprint density at radius 3 is 2.93 bits per heavy atom. The van der Waals surface area contributed by atoms with Gasteiger partial charge in [-0.25, -0.2) is 4.98 Å². The summed E-state index contributed by atoms with van der Waals surface area (Å²) >= 11 is 0. The molecule has 2 nitrogen and oxygen atoms in total. The van der Waals surface area contributed by atoms with Crippen molar-refractivity contribution < 1.29 is 0 Å². The molecule has 0 aliphatic carbocycles. The first-order chi connectivity index (χ1) is 7.31. The molecule has 2 rings (SSSR count). The van der Waals surface area contributed by atoms with Gasteiger partial charge in [-0.15, -0.1) is 6.42 Å². The molecule has 0 amide bonds. The standard InChI is InChI=1S/C13H12N2/c1-3-10(2)15-13-12-7-5-4-6-11(12)8-9-14-13/h1,4-10H,2H3,(H,14,15). The van der Waals surface area contributed by atoms with Crippen LogP contribution in [-0.2, 0) is 0 Å². The van der Waals surface area contributed by atoms with Crippen molar-refractivity contribution in [3.63, 3.8) is 0 Å². The molecule has 1 unspecified atom stereocenters. The summed E-state index contributed by atoms with van der Waals surface area (Å²) in [5.41, 5.74) is 0. The summed E-state index contributed by atoms with van der Waals surface area (Å²) in [6, 6.07) is 10.1. The molecule has 1 N–H and O–H groups in total. The zero-order chi connectivity index (χ0) is 10.7. The van der Waals surface area contributed by atoms with Crippen LogP contribution in [0.15, 0.2) is 36.5 Å². The Labute approximate surface area is 89.3 Å². The topological polar surface area (TPSA) is 24.9 Å². The summed E-state index contributed by atoms with van der Waals surface area (Å²) in [5.74, 6) is 3.47. The summed E-state index contributed by atoms with van der Waals surface area (Å²) in [7, 11) is 0. The smallest absolute Gasteiger partial charge is 0.134 e. The lowest BCUT2D eigenvalue weighted by Gasteiger charge is -2.10. The number of nitrogens with zero attached hydrogens (tertiary/aromatic N) is 1. The highest BCUT2D eigenvalue weighted by molar-refractivity contribution is 5.91. The van der Waals surface area contributed by atoms with E-state index < -0.39 is 0 Å². The molecule has 1 heterocycles. The molecule has 0 aliphatic heterocycles. The summed E-state index contributed by atoms with van der Waals surface area (Å²) in [6.45, 7) is 1.93. The van der Waals surface area contributed by atoms with Crippen LogP contribution in [0, 0.1) is 12.3 Å². The number of fused-ring (bicyclic) bond motifs is 1. The van der Waals surface area contributed by atoms with Gasteiger partial charge in [-0.3, -0.25) is 0 Å². The molecule has 1 atom stereocenters. The lowest BCUT2D eigenvalue weighted by Crippen LogP contribution is -2.13. The number of terminal acetylenes is 1. The number of benzene rings is 1. The predicted octanol–water partition coefficient (Wildman–Crippen LogP) is 2.67. The minimum absolute atomic E-state index is 0.0108. The van der Waals surface area contributed by atoms with Gasteiger partial charge in [0.25, 0.3) is 0 Å². The Morgan fingerprint density at radius 1 is 1.33 bits per heavy atom. The zero-order valence-corrected chi connectivity index (χ0v) is 8.57. The predicted molar refractivity (Wildman–Crippen MR) is 63.7 cm³/mol. The fourth-order valence-electron chi connectivity index (χ4n) is 1.48. The first-order valence-corrected chi connectivity index (χ1v) is 4.87. The fraction of sp³-hybridized carbons (Fsp3) is 0.154. The molecule has 2 heteroatoms. The highest BCUT2D eigenvalue weighted by Gasteiger charge is 2.03.